The maximum Gasteiger partial charge on any atom is 0.268 e. The highest BCUT2D eigenvalue weighted by Gasteiger charge is 2.24. The van der Waals surface area contributed by atoms with Gasteiger partial charge in [-0.3, -0.25) is 9.69 Å². The second kappa shape index (κ2) is 10.7. The maximum absolute atomic E-state index is 13.3. The first kappa shape index (κ1) is 22.4. The minimum absolute atomic E-state index is 0.0266. The highest BCUT2D eigenvalue weighted by atomic mass is 16.5. The lowest BCUT2D eigenvalue weighted by Gasteiger charge is -2.32. The van der Waals surface area contributed by atoms with Crippen molar-refractivity contribution in [1.29, 1.82) is 0 Å². The molecule has 2 heterocycles. The van der Waals surface area contributed by atoms with Gasteiger partial charge in [0.15, 0.2) is 0 Å². The molecule has 1 N–H and O–H groups in total. The van der Waals surface area contributed by atoms with Crippen LogP contribution in [0.2, 0.25) is 0 Å². The predicted octanol–water partition coefficient (Wildman–Crippen LogP) is 4.08. The van der Waals surface area contributed by atoms with Gasteiger partial charge in [0.1, 0.15) is 11.4 Å². The fourth-order valence-corrected chi connectivity index (χ4v) is 4.49. The molecule has 1 aliphatic heterocycles. The molecule has 0 aliphatic carbocycles. The molecule has 1 aromatic heterocycles. The van der Waals surface area contributed by atoms with Crippen LogP contribution in [0.5, 0.6) is 5.75 Å². The number of methoxy groups -OCH3 is 1. The van der Waals surface area contributed by atoms with Crippen molar-refractivity contribution in [2.24, 2.45) is 0 Å². The molecule has 170 valence electrons. The van der Waals surface area contributed by atoms with Crippen LogP contribution in [0.1, 0.15) is 35.8 Å². The predicted molar refractivity (Wildman–Crippen MR) is 127 cm³/mol. The normalized spacial score (nSPS) is 15.2. The smallest absolute Gasteiger partial charge is 0.268 e. The van der Waals surface area contributed by atoms with Gasteiger partial charge in [0.25, 0.3) is 5.91 Å². The van der Waals surface area contributed by atoms with Gasteiger partial charge in [-0.15, -0.1) is 0 Å². The van der Waals surface area contributed by atoms with Gasteiger partial charge in [0, 0.05) is 44.7 Å². The summed E-state index contributed by atoms with van der Waals surface area (Å²) in [5.74, 6) is 0.783. The Morgan fingerprint density at radius 1 is 1.09 bits per heavy atom. The number of carbonyl (C=O) groups is 1. The highest BCUT2D eigenvalue weighted by Crippen LogP contribution is 2.29. The molecular weight excluding hydrogens is 402 g/mol. The summed E-state index contributed by atoms with van der Waals surface area (Å²) in [6.45, 7) is 6.66. The fourth-order valence-electron chi connectivity index (χ4n) is 4.49. The lowest BCUT2D eigenvalue weighted by molar-refractivity contribution is 0.0897. The van der Waals surface area contributed by atoms with Crippen LogP contribution in [0.3, 0.4) is 0 Å². The molecule has 32 heavy (non-hydrogen) atoms. The number of hydrogen-bond acceptors (Lipinski definition) is 4. The van der Waals surface area contributed by atoms with Crippen LogP contribution in [0, 0.1) is 0 Å². The van der Waals surface area contributed by atoms with E-state index in [1.54, 1.807) is 7.11 Å². The quantitative estimate of drug-likeness (QED) is 0.550. The van der Waals surface area contributed by atoms with Gasteiger partial charge in [-0.1, -0.05) is 36.4 Å². The van der Waals surface area contributed by atoms with Crippen molar-refractivity contribution in [1.82, 2.24) is 14.8 Å². The second-order valence-electron chi connectivity index (χ2n) is 8.31. The van der Waals surface area contributed by atoms with Gasteiger partial charge in [0.2, 0.25) is 0 Å². The molecule has 0 spiro atoms. The number of amides is 1. The van der Waals surface area contributed by atoms with E-state index in [0.717, 1.165) is 49.1 Å². The number of aromatic nitrogens is 1. The molecule has 0 radical (unpaired) electrons. The van der Waals surface area contributed by atoms with E-state index in [9.17, 15) is 4.79 Å². The number of fused-ring (bicyclic) bond motifs is 1. The lowest BCUT2D eigenvalue weighted by Crippen LogP contribution is -2.44. The topological polar surface area (TPSA) is 55.7 Å². The molecule has 1 amide bonds. The average molecular weight is 436 g/mol. The van der Waals surface area contributed by atoms with Crippen molar-refractivity contribution in [3.63, 3.8) is 0 Å². The Morgan fingerprint density at radius 2 is 1.88 bits per heavy atom. The number of rotatable bonds is 9. The van der Waals surface area contributed by atoms with E-state index in [2.05, 4.69) is 40.5 Å². The van der Waals surface area contributed by atoms with Crippen molar-refractivity contribution < 1.29 is 14.3 Å². The number of likely N-dealkylation sites (tertiary alicyclic amines) is 1. The van der Waals surface area contributed by atoms with Crippen LogP contribution in [0.15, 0.2) is 54.6 Å². The molecule has 6 nitrogen and oxygen atoms in total. The van der Waals surface area contributed by atoms with Gasteiger partial charge in [-0.2, -0.15) is 0 Å². The van der Waals surface area contributed by atoms with Crippen LogP contribution >= 0.6 is 0 Å². The van der Waals surface area contributed by atoms with Crippen LogP contribution in [-0.2, 0) is 17.8 Å². The Hall–Kier alpha value is -2.83. The van der Waals surface area contributed by atoms with Crippen LogP contribution in [-0.4, -0.2) is 54.8 Å². The zero-order valence-corrected chi connectivity index (χ0v) is 19.0. The Labute approximate surface area is 190 Å². The molecule has 0 saturated carbocycles. The summed E-state index contributed by atoms with van der Waals surface area (Å²) >= 11 is 0. The van der Waals surface area contributed by atoms with Gasteiger partial charge >= 0.3 is 0 Å². The summed E-state index contributed by atoms with van der Waals surface area (Å²) in [6, 6.07) is 18.7. The van der Waals surface area contributed by atoms with Crippen LogP contribution in [0.25, 0.3) is 10.9 Å². The van der Waals surface area contributed by atoms with Gasteiger partial charge in [-0.25, -0.2) is 0 Å². The number of nitrogens with zero attached hydrogens (tertiary/aromatic N) is 2. The van der Waals surface area contributed by atoms with Crippen LogP contribution < -0.4 is 10.1 Å². The van der Waals surface area contributed by atoms with Gasteiger partial charge in [0.05, 0.1) is 18.7 Å². The lowest BCUT2D eigenvalue weighted by atomic mass is 10.0. The van der Waals surface area contributed by atoms with Crippen molar-refractivity contribution in [2.75, 3.05) is 33.4 Å². The number of carbonyl (C=O) groups excluding carboxylic acids is 1. The van der Waals surface area contributed by atoms with Crippen molar-refractivity contribution in [2.45, 2.75) is 38.9 Å². The summed E-state index contributed by atoms with van der Waals surface area (Å²) in [5, 5.41) is 4.25. The Morgan fingerprint density at radius 3 is 2.59 bits per heavy atom. The minimum Gasteiger partial charge on any atom is -0.493 e. The molecule has 0 atom stereocenters. The minimum atomic E-state index is -0.0266. The standard InChI is InChI=1S/C26H33N3O3/c1-3-32-25-11-7-10-23-22(25)18-24(29(23)16-17-31-2)26(30)27-21-12-14-28(15-13-21)19-20-8-5-4-6-9-20/h4-11,18,21H,3,12-17,19H2,1-2H3,(H,27,30). The van der Waals surface area contributed by atoms with E-state index in [0.29, 0.717) is 25.5 Å². The molecule has 1 saturated heterocycles. The summed E-state index contributed by atoms with van der Waals surface area (Å²) in [5.41, 5.74) is 2.99. The van der Waals surface area contributed by atoms with Crippen molar-refractivity contribution in [3.8, 4) is 5.75 Å². The summed E-state index contributed by atoms with van der Waals surface area (Å²) in [4.78, 5) is 15.7. The van der Waals surface area contributed by atoms with E-state index in [4.69, 9.17) is 9.47 Å². The number of hydrogen-bond donors (Lipinski definition) is 1. The third-order valence-corrected chi connectivity index (χ3v) is 6.13. The van der Waals surface area contributed by atoms with E-state index < -0.39 is 0 Å². The Balaban J connectivity index is 1.44. The third kappa shape index (κ3) is 5.14. The highest BCUT2D eigenvalue weighted by molar-refractivity contribution is 6.00. The van der Waals surface area contributed by atoms with E-state index in [1.807, 2.05) is 35.8 Å². The number of benzene rings is 2. The molecule has 3 aromatic rings. The van der Waals surface area contributed by atoms with Gasteiger partial charge < -0.3 is 19.4 Å². The van der Waals surface area contributed by atoms with Gasteiger partial charge in [-0.05, 0) is 43.5 Å². The Bertz CT molecular complexity index is 1020. The van der Waals surface area contributed by atoms with E-state index >= 15 is 0 Å². The molecule has 0 bridgehead atoms. The largest absolute Gasteiger partial charge is 0.493 e. The summed E-state index contributed by atoms with van der Waals surface area (Å²) in [7, 11) is 1.68. The zero-order chi connectivity index (χ0) is 22.3. The number of piperidine rings is 1. The molecule has 1 aliphatic rings. The second-order valence-corrected chi connectivity index (χ2v) is 8.31. The molecular formula is C26H33N3O3. The molecule has 6 heteroatoms. The zero-order valence-electron chi connectivity index (χ0n) is 19.0. The van der Waals surface area contributed by atoms with E-state index in [-0.39, 0.29) is 11.9 Å². The first-order valence-electron chi connectivity index (χ1n) is 11.5. The van der Waals surface area contributed by atoms with Crippen LogP contribution in [0.4, 0.5) is 0 Å². The first-order chi connectivity index (χ1) is 15.7. The fraction of sp³-hybridized carbons (Fsp3) is 0.423. The molecule has 0 unspecified atom stereocenters. The van der Waals surface area contributed by atoms with E-state index in [1.165, 1.54) is 5.56 Å². The number of nitrogens with one attached hydrogen (secondary N) is 1. The SMILES string of the molecule is CCOc1cccc2c1cc(C(=O)NC1CCN(Cc3ccccc3)CC1)n2CCOC. The molecule has 1 fully saturated rings. The summed E-state index contributed by atoms with van der Waals surface area (Å²) < 4.78 is 13.1. The third-order valence-electron chi connectivity index (χ3n) is 6.13. The Kier molecular flexibility index (Phi) is 7.45. The maximum atomic E-state index is 13.3. The molecule has 2 aromatic carbocycles. The molecule has 4 rings (SSSR count). The summed E-state index contributed by atoms with van der Waals surface area (Å²) in [6.07, 6.45) is 1.92. The number of ether oxygens (including phenoxy) is 2. The van der Waals surface area contributed by atoms with Crippen molar-refractivity contribution in [3.05, 3.63) is 65.9 Å². The average Bonchev–Trinajstić information content (AvgIpc) is 3.19. The first-order valence-corrected chi connectivity index (χ1v) is 11.5. The van der Waals surface area contributed by atoms with Crippen molar-refractivity contribution >= 4 is 16.8 Å². The monoisotopic (exact) mass is 435 g/mol.